The van der Waals surface area contributed by atoms with Crippen LogP contribution in [0, 0.1) is 0 Å². The molecule has 0 saturated heterocycles. The van der Waals surface area contributed by atoms with Gasteiger partial charge < -0.3 is 18.9 Å². The second kappa shape index (κ2) is 10.2. The number of benzene rings is 3. The molecule has 3 aromatic carbocycles. The molecule has 7 nitrogen and oxygen atoms in total. The summed E-state index contributed by atoms with van der Waals surface area (Å²) in [7, 11) is 2.16. The maximum atomic E-state index is 6.86. The standard InChI is InChI=1S/C30H29ClN3O4/c1-3-4-10-23-24(30(31)33-32-29(23)20-8-6-5-7-9-20)17-34(2,21-11-13-25-27(15-21)37-18-35-25)22-12-14-26-28(16-22)38-19-36-26/h5-9,11-16H,3-4,10,17-19H2,1-2H3/q+1. The Morgan fingerprint density at radius 1 is 0.763 bits per heavy atom. The number of halogens is 1. The molecule has 1 aromatic heterocycles. The normalized spacial score (nSPS) is 13.7. The highest BCUT2D eigenvalue weighted by atomic mass is 35.5. The molecule has 0 bridgehead atoms. The van der Waals surface area contributed by atoms with Gasteiger partial charge in [-0.2, -0.15) is 0 Å². The Kier molecular flexibility index (Phi) is 6.55. The van der Waals surface area contributed by atoms with E-state index in [9.17, 15) is 0 Å². The van der Waals surface area contributed by atoms with Gasteiger partial charge in [-0.25, -0.2) is 0 Å². The lowest BCUT2D eigenvalue weighted by Gasteiger charge is -2.35. The van der Waals surface area contributed by atoms with E-state index < -0.39 is 0 Å². The smallest absolute Gasteiger partial charge is 0.231 e. The lowest BCUT2D eigenvalue weighted by Crippen LogP contribution is -2.39. The number of aromatic nitrogens is 2. The molecule has 0 atom stereocenters. The Hall–Kier alpha value is -3.81. The second-order valence-corrected chi connectivity index (χ2v) is 10.0. The van der Waals surface area contributed by atoms with Gasteiger partial charge in [0.1, 0.15) is 17.9 Å². The van der Waals surface area contributed by atoms with E-state index in [-0.39, 0.29) is 13.6 Å². The summed E-state index contributed by atoms with van der Waals surface area (Å²) in [6.07, 6.45) is 2.93. The summed E-state index contributed by atoms with van der Waals surface area (Å²) in [5, 5.41) is 9.42. The van der Waals surface area contributed by atoms with Gasteiger partial charge in [0, 0.05) is 29.8 Å². The molecule has 0 amide bonds. The van der Waals surface area contributed by atoms with Crippen LogP contribution in [0.4, 0.5) is 11.4 Å². The number of rotatable bonds is 8. The predicted octanol–water partition coefficient (Wildman–Crippen LogP) is 7.07. The number of fused-ring (bicyclic) bond motifs is 2. The van der Waals surface area contributed by atoms with Crippen LogP contribution in [0.25, 0.3) is 11.3 Å². The van der Waals surface area contributed by atoms with Crippen LogP contribution in [0.1, 0.15) is 30.9 Å². The highest BCUT2D eigenvalue weighted by Crippen LogP contribution is 2.46. The third kappa shape index (κ3) is 4.42. The molecule has 8 heteroatoms. The third-order valence-electron chi connectivity index (χ3n) is 7.29. The SMILES string of the molecule is CCCCc1c(-c2ccccc2)nnc(Cl)c1C[N+](C)(c1ccc2c(c1)OCO2)c1ccc2c(c1)OCO2. The largest absolute Gasteiger partial charge is 0.454 e. The molecule has 0 fully saturated rings. The van der Waals surface area contributed by atoms with Crippen LogP contribution in [0.5, 0.6) is 23.0 Å². The zero-order valence-corrected chi connectivity index (χ0v) is 22.2. The van der Waals surface area contributed by atoms with Gasteiger partial charge in [-0.05, 0) is 30.5 Å². The van der Waals surface area contributed by atoms with Crippen molar-refractivity contribution in [3.8, 4) is 34.3 Å². The number of quaternary nitrogens is 1. The maximum Gasteiger partial charge on any atom is 0.231 e. The first kappa shape index (κ1) is 24.5. The fourth-order valence-electron chi connectivity index (χ4n) is 5.13. The van der Waals surface area contributed by atoms with E-state index in [1.807, 2.05) is 42.5 Å². The summed E-state index contributed by atoms with van der Waals surface area (Å²) in [5.74, 6) is 2.93. The lowest BCUT2D eigenvalue weighted by atomic mass is 9.96. The van der Waals surface area contributed by atoms with E-state index in [0.717, 1.165) is 76.0 Å². The Morgan fingerprint density at radius 2 is 1.37 bits per heavy atom. The molecule has 4 aromatic rings. The van der Waals surface area contributed by atoms with Gasteiger partial charge in [-0.15, -0.1) is 10.2 Å². The van der Waals surface area contributed by atoms with Gasteiger partial charge in [0.2, 0.25) is 13.6 Å². The summed E-state index contributed by atoms with van der Waals surface area (Å²) < 4.78 is 23.1. The molecule has 3 heterocycles. The number of nitrogens with zero attached hydrogens (tertiary/aromatic N) is 3. The monoisotopic (exact) mass is 530 g/mol. The van der Waals surface area contributed by atoms with Crippen molar-refractivity contribution in [1.29, 1.82) is 0 Å². The number of hydrogen-bond acceptors (Lipinski definition) is 6. The Bertz CT molecular complexity index is 1420. The van der Waals surface area contributed by atoms with Crippen molar-refractivity contribution in [2.24, 2.45) is 0 Å². The molecule has 38 heavy (non-hydrogen) atoms. The van der Waals surface area contributed by atoms with Gasteiger partial charge >= 0.3 is 0 Å². The Balaban J connectivity index is 1.52. The molecular formula is C30H29ClN3O4+. The molecule has 0 saturated carbocycles. The van der Waals surface area contributed by atoms with Crippen LogP contribution in [0.15, 0.2) is 66.7 Å². The Labute approximate surface area is 227 Å². The molecule has 0 N–H and O–H groups in total. The topological polar surface area (TPSA) is 62.7 Å². The molecule has 0 radical (unpaired) electrons. The first-order chi connectivity index (χ1) is 18.6. The average Bonchev–Trinajstić information content (AvgIpc) is 3.62. The maximum absolute atomic E-state index is 6.86. The van der Waals surface area contributed by atoms with Crippen molar-refractivity contribution in [2.75, 3.05) is 20.6 Å². The zero-order valence-electron chi connectivity index (χ0n) is 21.4. The highest BCUT2D eigenvalue weighted by Gasteiger charge is 2.35. The fourth-order valence-corrected chi connectivity index (χ4v) is 5.34. The summed E-state index contributed by atoms with van der Waals surface area (Å²) in [4.78, 5) is 0. The van der Waals surface area contributed by atoms with E-state index >= 15 is 0 Å². The van der Waals surface area contributed by atoms with E-state index in [2.05, 4.69) is 48.4 Å². The van der Waals surface area contributed by atoms with Crippen LogP contribution in [0.2, 0.25) is 5.15 Å². The minimum absolute atomic E-state index is 0.216. The molecule has 0 spiro atoms. The number of hydrogen-bond donors (Lipinski definition) is 0. The first-order valence-corrected chi connectivity index (χ1v) is 13.2. The molecule has 6 rings (SSSR count). The van der Waals surface area contributed by atoms with E-state index in [4.69, 9.17) is 30.5 Å². The molecule has 2 aliphatic rings. The van der Waals surface area contributed by atoms with Crippen LogP contribution >= 0.6 is 11.6 Å². The van der Waals surface area contributed by atoms with Crippen molar-refractivity contribution in [1.82, 2.24) is 14.7 Å². The minimum Gasteiger partial charge on any atom is -0.454 e. The third-order valence-corrected chi connectivity index (χ3v) is 7.59. The summed E-state index contributed by atoms with van der Waals surface area (Å²) in [6, 6.07) is 22.3. The van der Waals surface area contributed by atoms with Crippen molar-refractivity contribution >= 4 is 23.0 Å². The molecular weight excluding hydrogens is 502 g/mol. The molecule has 2 aliphatic heterocycles. The minimum atomic E-state index is 0.216. The summed E-state index contributed by atoms with van der Waals surface area (Å²) in [5.41, 5.74) is 6.05. The second-order valence-electron chi connectivity index (χ2n) is 9.69. The molecule has 0 unspecified atom stereocenters. The summed E-state index contributed by atoms with van der Waals surface area (Å²) >= 11 is 6.86. The molecule has 194 valence electrons. The van der Waals surface area contributed by atoms with Gasteiger partial charge in [-0.1, -0.05) is 55.3 Å². The van der Waals surface area contributed by atoms with Gasteiger partial charge in [0.05, 0.1) is 18.3 Å². The van der Waals surface area contributed by atoms with Gasteiger partial charge in [-0.3, -0.25) is 4.48 Å². The molecule has 0 aliphatic carbocycles. The number of unbranched alkanes of at least 4 members (excludes halogenated alkanes) is 1. The summed E-state index contributed by atoms with van der Waals surface area (Å²) in [6.45, 7) is 3.17. The van der Waals surface area contributed by atoms with Gasteiger partial charge in [0.25, 0.3) is 0 Å². The van der Waals surface area contributed by atoms with Crippen molar-refractivity contribution in [3.63, 3.8) is 0 Å². The van der Waals surface area contributed by atoms with E-state index in [1.54, 1.807) is 0 Å². The van der Waals surface area contributed by atoms with Crippen molar-refractivity contribution in [3.05, 3.63) is 83.0 Å². The van der Waals surface area contributed by atoms with Gasteiger partial charge in [0.15, 0.2) is 28.2 Å². The highest BCUT2D eigenvalue weighted by molar-refractivity contribution is 6.30. The van der Waals surface area contributed by atoms with E-state index in [0.29, 0.717) is 16.2 Å². The Morgan fingerprint density at radius 3 is 1.97 bits per heavy atom. The average molecular weight is 531 g/mol. The van der Waals surface area contributed by atoms with Crippen LogP contribution < -0.4 is 23.4 Å². The van der Waals surface area contributed by atoms with Crippen LogP contribution in [0.3, 0.4) is 0 Å². The fraction of sp³-hybridized carbons (Fsp3) is 0.267. The zero-order chi connectivity index (χ0) is 26.1. The van der Waals surface area contributed by atoms with E-state index in [1.165, 1.54) is 0 Å². The lowest BCUT2D eigenvalue weighted by molar-refractivity contribution is 0.173. The quantitative estimate of drug-likeness (QED) is 0.227. The van der Waals surface area contributed by atoms with Crippen molar-refractivity contribution < 1.29 is 18.9 Å². The van der Waals surface area contributed by atoms with Crippen LogP contribution in [-0.4, -0.2) is 30.8 Å². The number of ether oxygens (including phenoxy) is 4. The first-order valence-electron chi connectivity index (χ1n) is 12.8. The van der Waals surface area contributed by atoms with Crippen LogP contribution in [-0.2, 0) is 13.0 Å². The predicted molar refractivity (Wildman–Crippen MR) is 147 cm³/mol. The van der Waals surface area contributed by atoms with Crippen molar-refractivity contribution in [2.45, 2.75) is 32.7 Å².